The van der Waals surface area contributed by atoms with E-state index in [-0.39, 0.29) is 11.8 Å². The summed E-state index contributed by atoms with van der Waals surface area (Å²) >= 11 is 1.40. The van der Waals surface area contributed by atoms with Gasteiger partial charge in [-0.05, 0) is 36.1 Å². The maximum Gasteiger partial charge on any atom is 0.257 e. The molecule has 0 aliphatic carbocycles. The lowest BCUT2D eigenvalue weighted by molar-refractivity contribution is -0.118. The summed E-state index contributed by atoms with van der Waals surface area (Å²) in [6.45, 7) is 2.67. The topological polar surface area (TPSA) is 80.3 Å². The van der Waals surface area contributed by atoms with Gasteiger partial charge in [-0.2, -0.15) is 0 Å². The number of hydrogen-bond acceptors (Lipinski definition) is 5. The zero-order chi connectivity index (χ0) is 21.3. The molecule has 2 N–H and O–H groups in total. The normalized spacial score (nSPS) is 10.6. The average Bonchev–Trinajstić information content (AvgIpc) is 3.20. The van der Waals surface area contributed by atoms with E-state index in [1.54, 1.807) is 13.2 Å². The van der Waals surface area contributed by atoms with Crippen molar-refractivity contribution in [3.05, 3.63) is 70.6 Å². The zero-order valence-electron chi connectivity index (χ0n) is 17.1. The van der Waals surface area contributed by atoms with Gasteiger partial charge in [-0.15, -0.1) is 11.3 Å². The Bertz CT molecular complexity index is 999. The monoisotopic (exact) mass is 423 g/mol. The average molecular weight is 424 g/mol. The molecule has 0 aliphatic heterocycles. The number of methoxy groups -OCH3 is 1. The molecule has 0 spiro atoms. The molecule has 156 valence electrons. The first kappa shape index (κ1) is 21.7. The third kappa shape index (κ3) is 6.23. The van der Waals surface area contributed by atoms with E-state index >= 15 is 0 Å². The van der Waals surface area contributed by atoms with E-state index in [0.717, 1.165) is 29.7 Å². The smallest absolute Gasteiger partial charge is 0.257 e. The van der Waals surface area contributed by atoms with Crippen LogP contribution >= 0.6 is 11.3 Å². The van der Waals surface area contributed by atoms with Crippen molar-refractivity contribution in [1.29, 1.82) is 0 Å². The lowest BCUT2D eigenvalue weighted by atomic mass is 10.1. The van der Waals surface area contributed by atoms with Gasteiger partial charge in [0, 0.05) is 37.1 Å². The molecule has 6 nitrogen and oxygen atoms in total. The lowest BCUT2D eigenvalue weighted by Gasteiger charge is -2.05. The molecule has 1 aromatic heterocycles. The second-order valence-corrected chi connectivity index (χ2v) is 7.77. The maximum absolute atomic E-state index is 12.5. The molecule has 1 heterocycles. The SMILES string of the molecule is COCc1cccc(C(=O)Nc2nc(-c3ccc(CCCNC(C)=O)cc3)cs2)c1. The number of nitrogens with one attached hydrogen (secondary N) is 2. The molecule has 3 rings (SSSR count). The standard InChI is InChI=1S/C23H25N3O3S/c1-16(27)24-12-4-6-17-8-10-19(11-9-17)21-15-30-23(25-21)26-22(28)20-7-3-5-18(13-20)14-29-2/h3,5,7-11,13,15H,4,6,12,14H2,1-2H3,(H,24,27)(H,25,26,28). The third-order valence-electron chi connectivity index (χ3n) is 4.49. The zero-order valence-corrected chi connectivity index (χ0v) is 17.9. The maximum atomic E-state index is 12.5. The number of aromatic nitrogens is 1. The van der Waals surface area contributed by atoms with Gasteiger partial charge in [0.25, 0.3) is 5.91 Å². The van der Waals surface area contributed by atoms with E-state index in [9.17, 15) is 9.59 Å². The largest absolute Gasteiger partial charge is 0.380 e. The van der Waals surface area contributed by atoms with E-state index in [2.05, 4.69) is 27.8 Å². The van der Waals surface area contributed by atoms with Gasteiger partial charge in [-0.3, -0.25) is 14.9 Å². The molecule has 3 aromatic rings. The summed E-state index contributed by atoms with van der Waals surface area (Å²) in [6.07, 6.45) is 1.80. The first-order chi connectivity index (χ1) is 14.5. The lowest BCUT2D eigenvalue weighted by Crippen LogP contribution is -2.21. The Kier molecular flexibility index (Phi) is 7.70. The van der Waals surface area contributed by atoms with Gasteiger partial charge in [-0.25, -0.2) is 4.98 Å². The fourth-order valence-corrected chi connectivity index (χ4v) is 3.72. The summed E-state index contributed by atoms with van der Waals surface area (Å²) in [6, 6.07) is 15.6. The highest BCUT2D eigenvalue weighted by atomic mass is 32.1. The van der Waals surface area contributed by atoms with Crippen molar-refractivity contribution >= 4 is 28.3 Å². The van der Waals surface area contributed by atoms with Gasteiger partial charge < -0.3 is 10.1 Å². The molecular formula is C23H25N3O3S. The van der Waals surface area contributed by atoms with Crippen molar-refractivity contribution in [3.63, 3.8) is 0 Å². The number of ether oxygens (including phenoxy) is 1. The van der Waals surface area contributed by atoms with Crippen LogP contribution in [0.5, 0.6) is 0 Å². The number of benzene rings is 2. The number of thiazole rings is 1. The molecule has 30 heavy (non-hydrogen) atoms. The summed E-state index contributed by atoms with van der Waals surface area (Å²) in [7, 11) is 1.63. The predicted octanol–water partition coefficient (Wildman–Crippen LogP) is 4.28. The van der Waals surface area contributed by atoms with Gasteiger partial charge >= 0.3 is 0 Å². The summed E-state index contributed by atoms with van der Waals surface area (Å²) in [5.74, 6) is -0.192. The minimum absolute atomic E-state index is 0.000504. The number of nitrogens with zero attached hydrogens (tertiary/aromatic N) is 1. The van der Waals surface area contributed by atoms with Crippen molar-refractivity contribution < 1.29 is 14.3 Å². The van der Waals surface area contributed by atoms with E-state index in [0.29, 0.717) is 23.8 Å². The van der Waals surface area contributed by atoms with Crippen LogP contribution in [-0.2, 0) is 22.6 Å². The predicted molar refractivity (Wildman–Crippen MR) is 120 cm³/mol. The number of carbonyl (C=O) groups is 2. The van der Waals surface area contributed by atoms with Crippen molar-refractivity contribution in [2.75, 3.05) is 19.0 Å². The highest BCUT2D eigenvalue weighted by molar-refractivity contribution is 7.14. The molecule has 0 radical (unpaired) electrons. The second kappa shape index (κ2) is 10.7. The van der Waals surface area contributed by atoms with Crippen molar-refractivity contribution in [2.45, 2.75) is 26.4 Å². The van der Waals surface area contributed by atoms with E-state index < -0.39 is 0 Å². The molecule has 2 aromatic carbocycles. The van der Waals surface area contributed by atoms with Crippen molar-refractivity contribution in [3.8, 4) is 11.3 Å². The number of amides is 2. The van der Waals surface area contributed by atoms with Gasteiger partial charge in [0.15, 0.2) is 5.13 Å². The number of anilines is 1. The Labute approximate surface area is 180 Å². The van der Waals surface area contributed by atoms with Crippen LogP contribution in [0.25, 0.3) is 11.3 Å². The third-order valence-corrected chi connectivity index (χ3v) is 5.25. The minimum Gasteiger partial charge on any atom is -0.380 e. The van der Waals surface area contributed by atoms with Crippen LogP contribution in [0.3, 0.4) is 0 Å². The Hall–Kier alpha value is -3.03. The minimum atomic E-state index is -0.191. The van der Waals surface area contributed by atoms with Crippen molar-refractivity contribution in [1.82, 2.24) is 10.3 Å². The van der Waals surface area contributed by atoms with Crippen LogP contribution in [-0.4, -0.2) is 30.5 Å². The van der Waals surface area contributed by atoms with Gasteiger partial charge in [0.1, 0.15) is 0 Å². The van der Waals surface area contributed by atoms with Gasteiger partial charge in [0.05, 0.1) is 12.3 Å². The molecule has 2 amide bonds. The number of rotatable bonds is 9. The number of carbonyl (C=O) groups excluding carboxylic acids is 2. The van der Waals surface area contributed by atoms with E-state index in [1.165, 1.54) is 23.8 Å². The van der Waals surface area contributed by atoms with Gasteiger partial charge in [-0.1, -0.05) is 36.4 Å². The van der Waals surface area contributed by atoms with Crippen LogP contribution < -0.4 is 10.6 Å². The molecule has 0 unspecified atom stereocenters. The Morgan fingerprint density at radius 3 is 2.63 bits per heavy atom. The van der Waals surface area contributed by atoms with Crippen LogP contribution in [0.2, 0.25) is 0 Å². The molecule has 0 fully saturated rings. The highest BCUT2D eigenvalue weighted by Crippen LogP contribution is 2.26. The summed E-state index contributed by atoms with van der Waals surface area (Å²) in [4.78, 5) is 28.0. The molecule has 0 aliphatic rings. The summed E-state index contributed by atoms with van der Waals surface area (Å²) < 4.78 is 5.12. The number of aryl methyl sites for hydroxylation is 1. The van der Waals surface area contributed by atoms with Crippen LogP contribution in [0.1, 0.15) is 34.8 Å². The molecule has 0 atom stereocenters. The Balaban J connectivity index is 1.58. The quantitative estimate of drug-likeness (QED) is 0.504. The van der Waals surface area contributed by atoms with Gasteiger partial charge in [0.2, 0.25) is 5.91 Å². The fraction of sp³-hybridized carbons (Fsp3) is 0.261. The second-order valence-electron chi connectivity index (χ2n) is 6.91. The van der Waals surface area contributed by atoms with Crippen LogP contribution in [0.4, 0.5) is 5.13 Å². The fourth-order valence-electron chi connectivity index (χ4n) is 3.00. The Morgan fingerprint density at radius 1 is 1.10 bits per heavy atom. The molecule has 7 heteroatoms. The molecule has 0 saturated heterocycles. The first-order valence-corrected chi connectivity index (χ1v) is 10.6. The molecule has 0 bridgehead atoms. The van der Waals surface area contributed by atoms with Crippen molar-refractivity contribution in [2.24, 2.45) is 0 Å². The van der Waals surface area contributed by atoms with E-state index in [1.807, 2.05) is 35.7 Å². The van der Waals surface area contributed by atoms with Crippen LogP contribution in [0.15, 0.2) is 53.9 Å². The Morgan fingerprint density at radius 2 is 1.90 bits per heavy atom. The summed E-state index contributed by atoms with van der Waals surface area (Å²) in [5, 5.41) is 8.16. The highest BCUT2D eigenvalue weighted by Gasteiger charge is 2.11. The number of hydrogen-bond donors (Lipinski definition) is 2. The first-order valence-electron chi connectivity index (χ1n) is 9.73. The van der Waals surface area contributed by atoms with E-state index in [4.69, 9.17) is 4.74 Å². The summed E-state index contributed by atoms with van der Waals surface area (Å²) in [5.41, 5.74) is 4.56. The molecular weight excluding hydrogens is 398 g/mol. The van der Waals surface area contributed by atoms with Crippen LogP contribution in [0, 0.1) is 0 Å². The molecule has 0 saturated carbocycles.